The smallest absolute Gasteiger partial charge is 0.258 e. The Kier molecular flexibility index (Phi) is 4.81. The minimum absolute atomic E-state index is 0.0397. The maximum absolute atomic E-state index is 13.6. The van der Waals surface area contributed by atoms with Crippen molar-refractivity contribution < 1.29 is 18.0 Å². The molecule has 0 bridgehead atoms. The predicted octanol–water partition coefficient (Wildman–Crippen LogP) is 5.43. The van der Waals surface area contributed by atoms with E-state index in [9.17, 15) is 18.0 Å². The maximum Gasteiger partial charge on any atom is 0.258 e. The lowest BCUT2D eigenvalue weighted by Gasteiger charge is -2.10. The van der Waals surface area contributed by atoms with Crippen molar-refractivity contribution in [2.45, 2.75) is 0 Å². The normalized spacial score (nSPS) is 10.6. The van der Waals surface area contributed by atoms with Gasteiger partial charge in [-0.3, -0.25) is 4.79 Å². The molecule has 2 aromatic carbocycles. The topological polar surface area (TPSA) is 29.1 Å². The summed E-state index contributed by atoms with van der Waals surface area (Å²) in [6.45, 7) is 0. The Balaban J connectivity index is 2.37. The molecule has 0 unspecified atom stereocenters. The molecule has 0 aliphatic rings. The van der Waals surface area contributed by atoms with Gasteiger partial charge in [0.05, 0.1) is 21.3 Å². The summed E-state index contributed by atoms with van der Waals surface area (Å²) < 4.78 is 40.2. The standard InChI is InChI=1S/C13H5BrCl2F3NO/c14-7-1-5(17)2-9(16)12(7)20-13(21)6-3-11(19)8(15)4-10(6)18/h1-4H,(H,20,21). The molecule has 0 aliphatic heterocycles. The van der Waals surface area contributed by atoms with Crippen molar-refractivity contribution in [2.24, 2.45) is 0 Å². The molecule has 2 rings (SSSR count). The summed E-state index contributed by atoms with van der Waals surface area (Å²) in [7, 11) is 0. The number of benzene rings is 2. The number of carbonyl (C=O) groups excluding carboxylic acids is 1. The molecule has 0 fully saturated rings. The third kappa shape index (κ3) is 3.51. The van der Waals surface area contributed by atoms with E-state index in [4.69, 9.17) is 23.2 Å². The zero-order valence-corrected chi connectivity index (χ0v) is 13.1. The second-order valence-corrected chi connectivity index (χ2v) is 5.61. The van der Waals surface area contributed by atoms with E-state index >= 15 is 0 Å². The first-order valence-corrected chi connectivity index (χ1v) is 6.95. The molecule has 1 N–H and O–H groups in total. The van der Waals surface area contributed by atoms with Crippen molar-refractivity contribution in [2.75, 3.05) is 5.32 Å². The first kappa shape index (κ1) is 16.1. The van der Waals surface area contributed by atoms with Gasteiger partial charge in [0, 0.05) is 4.47 Å². The Hall–Kier alpha value is -1.24. The lowest BCUT2D eigenvalue weighted by atomic mass is 10.2. The molecule has 0 heterocycles. The van der Waals surface area contributed by atoms with Gasteiger partial charge in [0.15, 0.2) is 0 Å². The highest BCUT2D eigenvalue weighted by molar-refractivity contribution is 9.10. The largest absolute Gasteiger partial charge is 0.320 e. The number of amides is 1. The molecule has 0 spiro atoms. The molecular formula is C13H5BrCl2F3NO. The molecule has 2 nitrogen and oxygen atoms in total. The molecular weight excluding hydrogens is 394 g/mol. The van der Waals surface area contributed by atoms with Crippen LogP contribution in [0.15, 0.2) is 28.7 Å². The number of carbonyl (C=O) groups is 1. The van der Waals surface area contributed by atoms with Crippen LogP contribution in [0.1, 0.15) is 10.4 Å². The van der Waals surface area contributed by atoms with Gasteiger partial charge in [0.2, 0.25) is 0 Å². The molecule has 1 amide bonds. The molecule has 0 aromatic heterocycles. The zero-order valence-electron chi connectivity index (χ0n) is 9.99. The van der Waals surface area contributed by atoms with Gasteiger partial charge in [0.1, 0.15) is 17.5 Å². The van der Waals surface area contributed by atoms with Crippen molar-refractivity contribution in [3.63, 3.8) is 0 Å². The minimum Gasteiger partial charge on any atom is -0.320 e. The third-order valence-electron chi connectivity index (χ3n) is 2.50. The van der Waals surface area contributed by atoms with Crippen molar-refractivity contribution in [3.8, 4) is 0 Å². The van der Waals surface area contributed by atoms with Crippen molar-refractivity contribution in [1.82, 2.24) is 0 Å². The summed E-state index contributed by atoms with van der Waals surface area (Å²) in [4.78, 5) is 12.0. The maximum atomic E-state index is 13.6. The zero-order chi connectivity index (χ0) is 15.7. The van der Waals surface area contributed by atoms with Gasteiger partial charge in [-0.05, 0) is 40.2 Å². The van der Waals surface area contributed by atoms with Crippen LogP contribution in [-0.2, 0) is 0 Å². The average Bonchev–Trinajstić information content (AvgIpc) is 2.37. The van der Waals surface area contributed by atoms with Gasteiger partial charge < -0.3 is 5.32 Å². The molecule has 0 saturated carbocycles. The van der Waals surface area contributed by atoms with Crippen molar-refractivity contribution in [3.05, 3.63) is 61.8 Å². The average molecular weight is 399 g/mol. The number of nitrogens with one attached hydrogen (secondary N) is 1. The van der Waals surface area contributed by atoms with Crippen LogP contribution >= 0.6 is 39.1 Å². The van der Waals surface area contributed by atoms with Crippen LogP contribution in [-0.4, -0.2) is 5.91 Å². The summed E-state index contributed by atoms with van der Waals surface area (Å²) in [5, 5.41) is 1.74. The Morgan fingerprint density at radius 1 is 1.00 bits per heavy atom. The minimum atomic E-state index is -0.992. The van der Waals surface area contributed by atoms with Crippen LogP contribution in [0.4, 0.5) is 18.9 Å². The van der Waals surface area contributed by atoms with Gasteiger partial charge in [-0.25, -0.2) is 13.2 Å². The molecule has 110 valence electrons. The van der Waals surface area contributed by atoms with Crippen LogP contribution < -0.4 is 5.32 Å². The molecule has 0 saturated heterocycles. The van der Waals surface area contributed by atoms with Crippen LogP contribution in [0.25, 0.3) is 0 Å². The van der Waals surface area contributed by atoms with Crippen LogP contribution in [0.5, 0.6) is 0 Å². The second-order valence-electron chi connectivity index (χ2n) is 3.94. The third-order valence-corrected chi connectivity index (χ3v) is 3.71. The molecule has 2 aromatic rings. The Bertz CT molecular complexity index is 717. The molecule has 0 radical (unpaired) electrons. The number of hydrogen-bond donors (Lipinski definition) is 1. The highest BCUT2D eigenvalue weighted by atomic mass is 79.9. The Labute approximate surface area is 136 Å². The fraction of sp³-hybridized carbons (Fsp3) is 0. The summed E-state index contributed by atoms with van der Waals surface area (Å²) in [6, 6.07) is 3.40. The van der Waals surface area contributed by atoms with Crippen LogP contribution in [0.3, 0.4) is 0 Å². The van der Waals surface area contributed by atoms with Crippen LogP contribution in [0.2, 0.25) is 10.0 Å². The summed E-state index contributed by atoms with van der Waals surface area (Å²) in [5.41, 5.74) is -0.512. The van der Waals surface area contributed by atoms with E-state index in [1.165, 1.54) is 0 Å². The monoisotopic (exact) mass is 397 g/mol. The number of hydrogen-bond acceptors (Lipinski definition) is 1. The fourth-order valence-corrected chi connectivity index (χ4v) is 2.59. The quantitative estimate of drug-likeness (QED) is 0.672. The first-order chi connectivity index (χ1) is 9.79. The number of anilines is 1. The number of halogens is 6. The van der Waals surface area contributed by atoms with Crippen LogP contribution in [0, 0.1) is 17.5 Å². The van der Waals surface area contributed by atoms with Gasteiger partial charge >= 0.3 is 0 Å². The van der Waals surface area contributed by atoms with Crippen molar-refractivity contribution in [1.29, 1.82) is 0 Å². The fourth-order valence-electron chi connectivity index (χ4n) is 1.54. The van der Waals surface area contributed by atoms with E-state index < -0.39 is 33.9 Å². The predicted molar refractivity (Wildman–Crippen MR) is 78.4 cm³/mol. The van der Waals surface area contributed by atoms with Gasteiger partial charge in [-0.15, -0.1) is 0 Å². The van der Waals surface area contributed by atoms with E-state index in [2.05, 4.69) is 21.2 Å². The highest BCUT2D eigenvalue weighted by Crippen LogP contribution is 2.32. The molecule has 0 aliphatic carbocycles. The second kappa shape index (κ2) is 6.25. The molecule has 0 atom stereocenters. The van der Waals surface area contributed by atoms with Gasteiger partial charge in [-0.2, -0.15) is 0 Å². The van der Waals surface area contributed by atoms with E-state index in [1.807, 2.05) is 0 Å². The summed E-state index contributed by atoms with van der Waals surface area (Å²) in [5.74, 6) is -3.49. The van der Waals surface area contributed by atoms with E-state index in [0.717, 1.165) is 12.1 Å². The molecule has 8 heteroatoms. The van der Waals surface area contributed by atoms with E-state index in [0.29, 0.717) is 12.1 Å². The van der Waals surface area contributed by atoms with Crippen molar-refractivity contribution >= 4 is 50.7 Å². The van der Waals surface area contributed by atoms with Gasteiger partial charge in [-0.1, -0.05) is 23.2 Å². The molecule has 21 heavy (non-hydrogen) atoms. The number of rotatable bonds is 2. The van der Waals surface area contributed by atoms with E-state index in [1.54, 1.807) is 0 Å². The SMILES string of the molecule is O=C(Nc1c(Cl)cc(F)cc1Br)c1cc(F)c(Cl)cc1F. The Morgan fingerprint density at radius 3 is 2.29 bits per heavy atom. The van der Waals surface area contributed by atoms with E-state index in [-0.39, 0.29) is 15.2 Å². The lowest BCUT2D eigenvalue weighted by Crippen LogP contribution is -2.15. The highest BCUT2D eigenvalue weighted by Gasteiger charge is 2.18. The summed E-state index contributed by atoms with van der Waals surface area (Å²) in [6.07, 6.45) is 0. The lowest BCUT2D eigenvalue weighted by molar-refractivity contribution is 0.102. The summed E-state index contributed by atoms with van der Waals surface area (Å²) >= 11 is 14.2. The van der Waals surface area contributed by atoms with Gasteiger partial charge in [0.25, 0.3) is 5.91 Å². The first-order valence-electron chi connectivity index (χ1n) is 5.40. The Morgan fingerprint density at radius 2 is 1.67 bits per heavy atom.